The van der Waals surface area contributed by atoms with Gasteiger partial charge in [0.15, 0.2) is 0 Å². The molecule has 2 amide bonds. The normalized spacial score (nSPS) is 15.5. The van der Waals surface area contributed by atoms with E-state index in [0.717, 1.165) is 0 Å². The molecule has 2 rings (SSSR count). The Hall–Kier alpha value is -1.66. The minimum atomic E-state index is -0.519. The van der Waals surface area contributed by atoms with Crippen LogP contribution in [0.5, 0.6) is 0 Å². The van der Waals surface area contributed by atoms with E-state index in [1.165, 1.54) is 18.2 Å². The molecule has 1 aliphatic rings. The maximum Gasteiger partial charge on any atom is 0.227 e. The predicted molar refractivity (Wildman–Crippen MR) is 87.6 cm³/mol. The van der Waals surface area contributed by atoms with E-state index in [4.69, 9.17) is 17.3 Å². The van der Waals surface area contributed by atoms with Crippen LogP contribution in [-0.4, -0.2) is 36.3 Å². The van der Waals surface area contributed by atoms with Crippen molar-refractivity contribution in [1.29, 1.82) is 0 Å². The Morgan fingerprint density at radius 3 is 2.65 bits per heavy atom. The quantitative estimate of drug-likeness (QED) is 0.863. The molecule has 7 heteroatoms. The van der Waals surface area contributed by atoms with Gasteiger partial charge in [0.25, 0.3) is 0 Å². The van der Waals surface area contributed by atoms with Crippen molar-refractivity contribution in [2.45, 2.75) is 25.7 Å². The Morgan fingerprint density at radius 2 is 2.04 bits per heavy atom. The summed E-state index contributed by atoms with van der Waals surface area (Å²) in [5, 5.41) is 2.72. The number of rotatable bonds is 5. The molecular weight excluding hydrogens is 321 g/mol. The zero-order chi connectivity index (χ0) is 16.8. The first-order valence-corrected chi connectivity index (χ1v) is 8.13. The maximum absolute atomic E-state index is 13.1. The second-order valence-corrected chi connectivity index (χ2v) is 6.07. The van der Waals surface area contributed by atoms with Gasteiger partial charge in [-0.05, 0) is 44.0 Å². The fraction of sp³-hybridized carbons (Fsp3) is 0.500. The van der Waals surface area contributed by atoms with Crippen LogP contribution < -0.4 is 11.1 Å². The van der Waals surface area contributed by atoms with Gasteiger partial charge in [-0.2, -0.15) is 0 Å². The summed E-state index contributed by atoms with van der Waals surface area (Å²) >= 11 is 5.70. The minimum Gasteiger partial charge on any atom is -0.343 e. The first kappa shape index (κ1) is 17.7. The predicted octanol–water partition coefficient (Wildman–Crippen LogP) is 2.40. The van der Waals surface area contributed by atoms with Gasteiger partial charge in [-0.1, -0.05) is 11.6 Å². The summed E-state index contributed by atoms with van der Waals surface area (Å²) in [6.07, 6.45) is 2.39. The third-order valence-electron chi connectivity index (χ3n) is 4.00. The van der Waals surface area contributed by atoms with Crippen molar-refractivity contribution in [1.82, 2.24) is 4.90 Å². The van der Waals surface area contributed by atoms with E-state index < -0.39 is 5.82 Å². The van der Waals surface area contributed by atoms with Gasteiger partial charge in [-0.3, -0.25) is 9.59 Å². The minimum absolute atomic E-state index is 0.0249. The summed E-state index contributed by atoms with van der Waals surface area (Å²) in [5.41, 5.74) is 5.88. The first-order valence-electron chi connectivity index (χ1n) is 7.75. The number of piperidine rings is 1. The fourth-order valence-corrected chi connectivity index (χ4v) is 2.80. The van der Waals surface area contributed by atoms with Gasteiger partial charge in [-0.25, -0.2) is 4.39 Å². The van der Waals surface area contributed by atoms with Crippen LogP contribution in [-0.2, 0) is 9.59 Å². The number of amides is 2. The number of nitrogens with zero attached hydrogens (tertiary/aromatic N) is 1. The average Bonchev–Trinajstić information content (AvgIpc) is 2.56. The van der Waals surface area contributed by atoms with Crippen molar-refractivity contribution in [3.05, 3.63) is 29.0 Å². The molecule has 0 atom stereocenters. The second kappa shape index (κ2) is 8.26. The SMILES string of the molecule is NCCCC(=O)N1CCC(C(=O)Nc2ccc(F)c(Cl)c2)CC1. The van der Waals surface area contributed by atoms with E-state index in [1.54, 1.807) is 4.90 Å². The summed E-state index contributed by atoms with van der Waals surface area (Å²) in [4.78, 5) is 25.9. The Morgan fingerprint density at radius 1 is 1.35 bits per heavy atom. The summed E-state index contributed by atoms with van der Waals surface area (Å²) in [6, 6.07) is 4.08. The van der Waals surface area contributed by atoms with Crippen LogP contribution in [0.3, 0.4) is 0 Å². The lowest BCUT2D eigenvalue weighted by atomic mass is 9.95. The van der Waals surface area contributed by atoms with Gasteiger partial charge in [0.2, 0.25) is 11.8 Å². The van der Waals surface area contributed by atoms with Crippen LogP contribution in [0, 0.1) is 11.7 Å². The zero-order valence-electron chi connectivity index (χ0n) is 12.9. The lowest BCUT2D eigenvalue weighted by molar-refractivity contribution is -0.134. The molecule has 1 aromatic carbocycles. The molecule has 1 heterocycles. The molecule has 1 aromatic rings. The molecule has 0 radical (unpaired) electrons. The molecule has 0 aliphatic carbocycles. The van der Waals surface area contributed by atoms with Gasteiger partial charge >= 0.3 is 0 Å². The van der Waals surface area contributed by atoms with Crippen LogP contribution in [0.1, 0.15) is 25.7 Å². The number of carbonyl (C=O) groups is 2. The Balaban J connectivity index is 1.83. The highest BCUT2D eigenvalue weighted by Gasteiger charge is 2.27. The van der Waals surface area contributed by atoms with Crippen LogP contribution >= 0.6 is 11.6 Å². The van der Waals surface area contributed by atoms with Crippen LogP contribution in [0.15, 0.2) is 18.2 Å². The highest BCUT2D eigenvalue weighted by atomic mass is 35.5. The number of anilines is 1. The standard InChI is InChI=1S/C16H21ClFN3O2/c17-13-10-12(3-4-14(13)18)20-16(23)11-5-8-21(9-6-11)15(22)2-1-7-19/h3-4,10-11H,1-2,5-9,19H2,(H,20,23). The average molecular weight is 342 g/mol. The topological polar surface area (TPSA) is 75.4 Å². The lowest BCUT2D eigenvalue weighted by Crippen LogP contribution is -2.41. The maximum atomic E-state index is 13.1. The number of nitrogens with two attached hydrogens (primary N) is 1. The molecular formula is C16H21ClFN3O2. The largest absolute Gasteiger partial charge is 0.343 e. The van der Waals surface area contributed by atoms with E-state index in [9.17, 15) is 14.0 Å². The first-order chi connectivity index (χ1) is 11.0. The molecule has 1 saturated heterocycles. The number of likely N-dealkylation sites (tertiary alicyclic amines) is 1. The van der Waals surface area contributed by atoms with Crippen LogP contribution in [0.25, 0.3) is 0 Å². The molecule has 0 aromatic heterocycles. The Bertz CT molecular complexity index is 574. The molecule has 1 fully saturated rings. The molecule has 3 N–H and O–H groups in total. The van der Waals surface area contributed by atoms with Crippen molar-refractivity contribution in [3.8, 4) is 0 Å². The molecule has 0 unspecified atom stereocenters. The van der Waals surface area contributed by atoms with E-state index in [1.807, 2.05) is 0 Å². The van der Waals surface area contributed by atoms with Gasteiger partial charge < -0.3 is 16.0 Å². The highest BCUT2D eigenvalue weighted by Crippen LogP contribution is 2.23. The summed E-state index contributed by atoms with van der Waals surface area (Å²) in [7, 11) is 0. The third kappa shape index (κ3) is 4.91. The van der Waals surface area contributed by atoms with Crippen molar-refractivity contribution < 1.29 is 14.0 Å². The van der Waals surface area contributed by atoms with Crippen molar-refractivity contribution in [3.63, 3.8) is 0 Å². The van der Waals surface area contributed by atoms with Gasteiger partial charge in [0.05, 0.1) is 5.02 Å². The van der Waals surface area contributed by atoms with Crippen molar-refractivity contribution in [2.75, 3.05) is 25.0 Å². The third-order valence-corrected chi connectivity index (χ3v) is 4.29. The number of nitrogens with one attached hydrogen (secondary N) is 1. The molecule has 0 saturated carbocycles. The summed E-state index contributed by atoms with van der Waals surface area (Å²) < 4.78 is 13.1. The van der Waals surface area contributed by atoms with Gasteiger partial charge in [0.1, 0.15) is 5.82 Å². The van der Waals surface area contributed by atoms with E-state index >= 15 is 0 Å². The highest BCUT2D eigenvalue weighted by molar-refractivity contribution is 6.31. The van der Waals surface area contributed by atoms with E-state index in [-0.39, 0.29) is 22.8 Å². The summed E-state index contributed by atoms with van der Waals surface area (Å²) in [5.74, 6) is -0.701. The van der Waals surface area contributed by atoms with Crippen molar-refractivity contribution in [2.24, 2.45) is 11.7 Å². The van der Waals surface area contributed by atoms with E-state index in [2.05, 4.69) is 5.32 Å². The number of halogens is 2. The smallest absolute Gasteiger partial charge is 0.227 e. The lowest BCUT2D eigenvalue weighted by Gasteiger charge is -2.31. The second-order valence-electron chi connectivity index (χ2n) is 5.67. The number of hydrogen-bond acceptors (Lipinski definition) is 3. The molecule has 0 spiro atoms. The van der Waals surface area contributed by atoms with Gasteiger partial charge in [0, 0.05) is 31.1 Å². The Labute approximate surface area is 140 Å². The molecule has 0 bridgehead atoms. The number of carbonyl (C=O) groups excluding carboxylic acids is 2. The van der Waals surface area contributed by atoms with Crippen molar-refractivity contribution >= 4 is 29.1 Å². The summed E-state index contributed by atoms with van der Waals surface area (Å²) in [6.45, 7) is 1.65. The zero-order valence-corrected chi connectivity index (χ0v) is 13.6. The molecule has 126 valence electrons. The fourth-order valence-electron chi connectivity index (χ4n) is 2.62. The number of benzene rings is 1. The molecule has 23 heavy (non-hydrogen) atoms. The molecule has 1 aliphatic heterocycles. The van der Waals surface area contributed by atoms with E-state index in [0.29, 0.717) is 51.0 Å². The van der Waals surface area contributed by atoms with Crippen LogP contribution in [0.4, 0.5) is 10.1 Å². The van der Waals surface area contributed by atoms with Crippen LogP contribution in [0.2, 0.25) is 5.02 Å². The number of hydrogen-bond donors (Lipinski definition) is 2. The van der Waals surface area contributed by atoms with Gasteiger partial charge in [-0.15, -0.1) is 0 Å². The Kier molecular flexibility index (Phi) is 6.36. The monoisotopic (exact) mass is 341 g/mol. The molecule has 5 nitrogen and oxygen atoms in total.